The molecule has 0 aliphatic heterocycles. The summed E-state index contributed by atoms with van der Waals surface area (Å²) in [5.41, 5.74) is 13.3. The van der Waals surface area contributed by atoms with E-state index in [4.69, 9.17) is 0 Å². The van der Waals surface area contributed by atoms with Crippen molar-refractivity contribution >= 4 is 43.6 Å². The number of benzene rings is 11. The van der Waals surface area contributed by atoms with Crippen LogP contribution in [0, 0.1) is 39.0 Å². The van der Waals surface area contributed by atoms with Gasteiger partial charge in [0.05, 0.1) is 56.2 Å². The molecule has 0 radical (unpaired) electrons. The molecule has 0 spiro atoms. The van der Waals surface area contributed by atoms with Gasteiger partial charge in [-0.1, -0.05) is 168 Å². The lowest BCUT2D eigenvalue weighted by Crippen LogP contribution is -2.13. The van der Waals surface area contributed by atoms with Gasteiger partial charge in [0, 0.05) is 32.7 Å². The third-order valence-corrected chi connectivity index (χ3v) is 15.9. The van der Waals surface area contributed by atoms with Crippen molar-refractivity contribution in [1.29, 1.82) is 5.26 Å². The van der Waals surface area contributed by atoms with Gasteiger partial charge < -0.3 is 9.13 Å². The fourth-order valence-corrected chi connectivity index (χ4v) is 11.8. The molecule has 0 saturated heterocycles. The van der Waals surface area contributed by atoms with Crippen LogP contribution >= 0.6 is 0 Å². The molecule has 0 fully saturated rings. The Morgan fingerprint density at radius 3 is 1.01 bits per heavy atom. The molecule has 2 aromatic heterocycles. The molecule has 82 heavy (non-hydrogen) atoms. The van der Waals surface area contributed by atoms with Gasteiger partial charge in [0.2, 0.25) is 0 Å². The van der Waals surface area contributed by atoms with Crippen molar-refractivity contribution in [2.24, 2.45) is 0 Å². The zero-order valence-corrected chi connectivity index (χ0v) is 45.0. The van der Waals surface area contributed by atoms with Gasteiger partial charge in [-0.05, 0) is 162 Å². The quantitative estimate of drug-likeness (QED) is 0.140. The summed E-state index contributed by atoms with van der Waals surface area (Å²) in [6, 6.07) is 72.3. The van der Waals surface area contributed by atoms with Crippen molar-refractivity contribution in [3.63, 3.8) is 0 Å². The zero-order chi connectivity index (χ0) is 56.8. The predicted molar refractivity (Wildman–Crippen MR) is 321 cm³/mol. The molecule has 0 amide bonds. The van der Waals surface area contributed by atoms with Crippen LogP contribution in [0.15, 0.2) is 224 Å². The van der Waals surface area contributed by atoms with E-state index in [1.807, 2.05) is 92.9 Å². The number of fused-ring (bicyclic) bond motifs is 6. The number of nitrogens with zero attached hydrogens (tertiary/aromatic N) is 3. The van der Waals surface area contributed by atoms with E-state index in [9.17, 15) is 18.4 Å². The lowest BCUT2D eigenvalue weighted by atomic mass is 9.86. The molecule has 398 valence electrons. The van der Waals surface area contributed by atoms with Gasteiger partial charge in [-0.3, -0.25) is 0 Å². The van der Waals surface area contributed by atoms with Crippen molar-refractivity contribution in [2.45, 2.75) is 40.0 Å². The molecule has 0 atom stereocenters. The van der Waals surface area contributed by atoms with Crippen LogP contribution in [-0.4, -0.2) is 9.13 Å². The number of hydrogen-bond acceptors (Lipinski definition) is 1. The van der Waals surface area contributed by atoms with Gasteiger partial charge in [-0.25, -0.2) is 0 Å². The number of hydrogen-bond donors (Lipinski definition) is 0. The Kier molecular flexibility index (Phi) is 12.4. The van der Waals surface area contributed by atoms with Crippen LogP contribution in [0.1, 0.15) is 38.9 Å². The Morgan fingerprint density at radius 1 is 0.329 bits per heavy atom. The summed E-state index contributed by atoms with van der Waals surface area (Å²) in [5.74, 6) is 0. The third-order valence-electron chi connectivity index (χ3n) is 15.9. The standard InChI is InChI=1S/C73H49F6N3/c1-43-11-19-47(20-12-43)51-27-33-64-59(37-51)60-38-52(48-21-13-44(2)14-22-48)28-34-65(60)81(64)68-9-5-7-55(42-80)70(68)71-58(57-32-31-56(72(74,75)76)41-63(57)73(77,78)79)8-6-10-69(71)82-66-35-29-53(49-23-15-45(3)16-24-49)39-61(66)62-40-54(30-36-67(62)82)50-25-17-46(4)18-26-50/h5-41H,1-4H3. The molecule has 0 aliphatic carbocycles. The second kappa shape index (κ2) is 19.7. The monoisotopic (exact) mass is 1080 g/mol. The molecule has 0 aliphatic rings. The fraction of sp³-hybridized carbons (Fsp3) is 0.0822. The van der Waals surface area contributed by atoms with Crippen molar-refractivity contribution < 1.29 is 26.3 Å². The molecular formula is C73H49F6N3. The molecular weight excluding hydrogens is 1030 g/mol. The minimum absolute atomic E-state index is 0.0193. The van der Waals surface area contributed by atoms with E-state index in [1.165, 1.54) is 6.07 Å². The van der Waals surface area contributed by atoms with E-state index >= 15 is 13.2 Å². The summed E-state index contributed by atoms with van der Waals surface area (Å²) in [4.78, 5) is 0. The second-order valence-corrected chi connectivity index (χ2v) is 21.3. The summed E-state index contributed by atoms with van der Waals surface area (Å²) in [5, 5.41) is 15.0. The molecule has 0 N–H and O–H groups in total. The van der Waals surface area contributed by atoms with Crippen molar-refractivity contribution in [1.82, 2.24) is 9.13 Å². The average molecular weight is 1080 g/mol. The van der Waals surface area contributed by atoms with Crippen molar-refractivity contribution in [3.05, 3.63) is 263 Å². The summed E-state index contributed by atoms with van der Waals surface area (Å²) < 4.78 is 94.9. The summed E-state index contributed by atoms with van der Waals surface area (Å²) >= 11 is 0. The van der Waals surface area contributed by atoms with Crippen molar-refractivity contribution in [2.75, 3.05) is 0 Å². The molecule has 9 heteroatoms. The first-order valence-corrected chi connectivity index (χ1v) is 26.9. The minimum atomic E-state index is -5.23. The van der Waals surface area contributed by atoms with Crippen LogP contribution in [0.25, 0.3) is 122 Å². The highest BCUT2D eigenvalue weighted by Gasteiger charge is 2.39. The van der Waals surface area contributed by atoms with Crippen LogP contribution in [0.2, 0.25) is 0 Å². The lowest BCUT2D eigenvalue weighted by molar-refractivity contribution is -0.142. The Bertz CT molecular complexity index is 4520. The highest BCUT2D eigenvalue weighted by molar-refractivity contribution is 6.15. The summed E-state index contributed by atoms with van der Waals surface area (Å²) in [6.45, 7) is 8.14. The summed E-state index contributed by atoms with van der Waals surface area (Å²) in [7, 11) is 0. The molecule has 11 aromatic carbocycles. The molecule has 13 aromatic rings. The summed E-state index contributed by atoms with van der Waals surface area (Å²) in [6.07, 6.45) is -10.3. The Labute approximate surface area is 469 Å². The first kappa shape index (κ1) is 51.5. The van der Waals surface area contributed by atoms with Gasteiger partial charge in [-0.2, -0.15) is 31.6 Å². The van der Waals surface area contributed by atoms with Crippen LogP contribution in [0.4, 0.5) is 26.3 Å². The van der Waals surface area contributed by atoms with Crippen LogP contribution in [0.5, 0.6) is 0 Å². The minimum Gasteiger partial charge on any atom is -0.309 e. The van der Waals surface area contributed by atoms with Gasteiger partial charge in [0.25, 0.3) is 0 Å². The lowest BCUT2D eigenvalue weighted by Gasteiger charge is -2.24. The van der Waals surface area contributed by atoms with Crippen LogP contribution in [0.3, 0.4) is 0 Å². The molecule has 13 rings (SSSR count). The highest BCUT2D eigenvalue weighted by Crippen LogP contribution is 2.50. The van der Waals surface area contributed by atoms with Crippen LogP contribution in [-0.2, 0) is 12.4 Å². The van der Waals surface area contributed by atoms with Gasteiger partial charge in [-0.15, -0.1) is 0 Å². The Balaban J connectivity index is 1.16. The average Bonchev–Trinajstić information content (AvgIpc) is 4.20. The number of aromatic nitrogens is 2. The van der Waals surface area contributed by atoms with Crippen LogP contribution < -0.4 is 0 Å². The van der Waals surface area contributed by atoms with E-state index in [-0.39, 0.29) is 28.3 Å². The molecule has 2 heterocycles. The zero-order valence-electron chi connectivity index (χ0n) is 45.0. The number of nitriles is 1. The highest BCUT2D eigenvalue weighted by atomic mass is 19.4. The third kappa shape index (κ3) is 8.97. The van der Waals surface area contributed by atoms with Gasteiger partial charge in [0.1, 0.15) is 0 Å². The number of alkyl halides is 6. The molecule has 3 nitrogen and oxygen atoms in total. The van der Waals surface area contributed by atoms with E-state index in [0.29, 0.717) is 28.5 Å². The predicted octanol–water partition coefficient (Wildman–Crippen LogP) is 21.0. The first-order chi connectivity index (χ1) is 39.5. The van der Waals surface area contributed by atoms with Crippen molar-refractivity contribution in [3.8, 4) is 84.2 Å². The SMILES string of the molecule is Cc1ccc(-c2ccc3c(c2)c2cc(-c4ccc(C)cc4)ccc2n3-c2cccc(C#N)c2-c2c(-c3ccc(C(F)(F)F)cc3C(F)(F)F)cccc2-n2c3ccc(-c4ccc(C)cc4)cc3c3cc(-c4ccc(C)cc4)ccc32)cc1. The van der Waals surface area contributed by atoms with E-state index < -0.39 is 29.0 Å². The van der Waals surface area contributed by atoms with Gasteiger partial charge in [0.15, 0.2) is 0 Å². The first-order valence-electron chi connectivity index (χ1n) is 26.9. The maximum absolute atomic E-state index is 15.7. The van der Waals surface area contributed by atoms with E-state index in [2.05, 4.69) is 132 Å². The Morgan fingerprint density at radius 2 is 0.671 bits per heavy atom. The topological polar surface area (TPSA) is 33.6 Å². The fourth-order valence-electron chi connectivity index (χ4n) is 11.8. The Hall–Kier alpha value is -9.91. The number of rotatable bonds is 8. The molecule has 0 unspecified atom stereocenters. The maximum atomic E-state index is 15.7. The number of halogens is 6. The van der Waals surface area contributed by atoms with E-state index in [1.54, 1.807) is 18.2 Å². The van der Waals surface area contributed by atoms with E-state index in [0.717, 1.165) is 105 Å². The van der Waals surface area contributed by atoms with Gasteiger partial charge >= 0.3 is 12.4 Å². The maximum Gasteiger partial charge on any atom is 0.417 e. The smallest absolute Gasteiger partial charge is 0.309 e. The largest absolute Gasteiger partial charge is 0.417 e. The molecule has 0 bridgehead atoms. The molecule has 0 saturated carbocycles. The second-order valence-electron chi connectivity index (χ2n) is 21.3. The normalized spacial score (nSPS) is 12.0. The number of aryl methyl sites for hydroxylation is 4.